The number of aromatic nitrogens is 3. The van der Waals surface area contributed by atoms with Gasteiger partial charge >= 0.3 is 6.36 Å². The molecular formula is C21H20F3N5O3. The number of carbonyl (C=O) groups is 1. The predicted molar refractivity (Wildman–Crippen MR) is 110 cm³/mol. The maximum absolute atomic E-state index is 12.7. The summed E-state index contributed by atoms with van der Waals surface area (Å²) in [6.45, 7) is 1.49. The monoisotopic (exact) mass is 447 g/mol. The number of pyridine rings is 1. The SMILES string of the molecule is O=C(Nc1ccc(OC(F)(F)F)cc1)c1cnc(N2CC[C@H](CO)C2)c(-c2ccn[nH]2)c1. The lowest BCUT2D eigenvalue weighted by Gasteiger charge is -2.21. The molecule has 1 atom stereocenters. The van der Waals surface area contributed by atoms with Crippen LogP contribution in [-0.4, -0.2) is 52.3 Å². The molecule has 8 nitrogen and oxygen atoms in total. The molecule has 0 bridgehead atoms. The van der Waals surface area contributed by atoms with Gasteiger partial charge in [0.1, 0.15) is 11.6 Å². The fourth-order valence-corrected chi connectivity index (χ4v) is 3.56. The fraction of sp³-hybridized carbons (Fsp3) is 0.286. The number of anilines is 2. The van der Waals surface area contributed by atoms with Crippen LogP contribution in [0.4, 0.5) is 24.7 Å². The minimum absolute atomic E-state index is 0.100. The standard InChI is InChI=1S/C21H20F3N5O3/c22-21(23,24)32-16-3-1-15(2-4-16)27-20(31)14-9-17(18-5-7-26-28-18)19(25-10-14)29-8-6-13(11-29)12-30/h1-5,7,9-10,13,30H,6,8,11-12H2,(H,26,28)(H,27,31)/t13-/m0/s1. The van der Waals surface area contributed by atoms with E-state index in [1.807, 2.05) is 0 Å². The highest BCUT2D eigenvalue weighted by atomic mass is 19.4. The number of nitrogens with zero attached hydrogens (tertiary/aromatic N) is 3. The summed E-state index contributed by atoms with van der Waals surface area (Å²) in [6, 6.07) is 8.31. The van der Waals surface area contributed by atoms with Crippen LogP contribution in [0.15, 0.2) is 48.8 Å². The number of aromatic amines is 1. The molecule has 32 heavy (non-hydrogen) atoms. The first-order chi connectivity index (χ1) is 15.3. The highest BCUT2D eigenvalue weighted by Crippen LogP contribution is 2.32. The Balaban J connectivity index is 1.54. The van der Waals surface area contributed by atoms with E-state index >= 15 is 0 Å². The van der Waals surface area contributed by atoms with Crippen LogP contribution in [-0.2, 0) is 0 Å². The van der Waals surface area contributed by atoms with Crippen molar-refractivity contribution in [2.24, 2.45) is 5.92 Å². The van der Waals surface area contributed by atoms with Gasteiger partial charge in [-0.1, -0.05) is 0 Å². The van der Waals surface area contributed by atoms with Crippen LogP contribution in [0.3, 0.4) is 0 Å². The van der Waals surface area contributed by atoms with E-state index in [0.29, 0.717) is 29.3 Å². The van der Waals surface area contributed by atoms with Gasteiger partial charge in [-0.25, -0.2) is 4.98 Å². The summed E-state index contributed by atoms with van der Waals surface area (Å²) >= 11 is 0. The molecule has 0 unspecified atom stereocenters. The fourth-order valence-electron chi connectivity index (χ4n) is 3.56. The zero-order valence-corrected chi connectivity index (χ0v) is 16.8. The number of alkyl halides is 3. The smallest absolute Gasteiger partial charge is 0.406 e. The number of amides is 1. The van der Waals surface area contributed by atoms with Crippen molar-refractivity contribution in [3.63, 3.8) is 0 Å². The van der Waals surface area contributed by atoms with Gasteiger partial charge in [0.25, 0.3) is 5.91 Å². The van der Waals surface area contributed by atoms with E-state index < -0.39 is 12.3 Å². The van der Waals surface area contributed by atoms with Crippen molar-refractivity contribution in [2.45, 2.75) is 12.8 Å². The second-order valence-corrected chi connectivity index (χ2v) is 7.38. The molecule has 0 spiro atoms. The van der Waals surface area contributed by atoms with Crippen LogP contribution in [0.2, 0.25) is 0 Å². The molecular weight excluding hydrogens is 427 g/mol. The molecule has 0 saturated carbocycles. The molecule has 4 rings (SSSR count). The summed E-state index contributed by atoms with van der Waals surface area (Å²) in [5.41, 5.74) is 1.94. The van der Waals surface area contributed by atoms with Gasteiger partial charge in [0.2, 0.25) is 0 Å². The number of benzene rings is 1. The van der Waals surface area contributed by atoms with Gasteiger partial charge in [0, 0.05) is 49.3 Å². The van der Waals surface area contributed by atoms with Crippen LogP contribution >= 0.6 is 0 Å². The van der Waals surface area contributed by atoms with Gasteiger partial charge < -0.3 is 20.1 Å². The molecule has 0 aliphatic carbocycles. The van der Waals surface area contributed by atoms with E-state index in [9.17, 15) is 23.1 Å². The Morgan fingerprint density at radius 3 is 2.69 bits per heavy atom. The van der Waals surface area contributed by atoms with Crippen LogP contribution < -0.4 is 15.0 Å². The summed E-state index contributed by atoms with van der Waals surface area (Å²) < 4.78 is 40.7. The molecule has 0 radical (unpaired) electrons. The van der Waals surface area contributed by atoms with Gasteiger partial charge in [-0.05, 0) is 42.8 Å². The van der Waals surface area contributed by atoms with E-state index in [2.05, 4.69) is 30.1 Å². The van der Waals surface area contributed by atoms with Gasteiger partial charge in [-0.3, -0.25) is 9.89 Å². The van der Waals surface area contributed by atoms with Crippen molar-refractivity contribution >= 4 is 17.4 Å². The Morgan fingerprint density at radius 1 is 1.28 bits per heavy atom. The van der Waals surface area contributed by atoms with E-state index in [-0.39, 0.29) is 23.8 Å². The summed E-state index contributed by atoms with van der Waals surface area (Å²) in [4.78, 5) is 19.3. The normalized spacial score (nSPS) is 16.2. The van der Waals surface area contributed by atoms with E-state index in [1.165, 1.54) is 18.3 Å². The number of aliphatic hydroxyl groups is 1. The number of H-pyrrole nitrogens is 1. The Hall–Kier alpha value is -3.60. The summed E-state index contributed by atoms with van der Waals surface area (Å²) in [6.07, 6.45) is -0.903. The molecule has 3 aromatic rings. The molecule has 1 saturated heterocycles. The first-order valence-electron chi connectivity index (χ1n) is 9.85. The van der Waals surface area contributed by atoms with Crippen molar-refractivity contribution in [1.29, 1.82) is 0 Å². The van der Waals surface area contributed by atoms with Gasteiger partial charge in [-0.15, -0.1) is 13.2 Å². The first kappa shape index (κ1) is 21.6. The van der Waals surface area contributed by atoms with Crippen molar-refractivity contribution < 1.29 is 27.8 Å². The quantitative estimate of drug-likeness (QED) is 0.535. The zero-order chi connectivity index (χ0) is 22.7. The van der Waals surface area contributed by atoms with Crippen LogP contribution in [0.5, 0.6) is 5.75 Å². The number of aliphatic hydroxyl groups excluding tert-OH is 1. The molecule has 3 heterocycles. The lowest BCUT2D eigenvalue weighted by atomic mass is 10.1. The molecule has 1 amide bonds. The number of halogens is 3. The van der Waals surface area contributed by atoms with Crippen molar-refractivity contribution in [1.82, 2.24) is 15.2 Å². The Morgan fingerprint density at radius 2 is 2.06 bits per heavy atom. The highest BCUT2D eigenvalue weighted by molar-refractivity contribution is 6.05. The number of nitrogens with one attached hydrogen (secondary N) is 2. The summed E-state index contributed by atoms with van der Waals surface area (Å²) in [5.74, 6) is -0.00657. The van der Waals surface area contributed by atoms with Gasteiger partial charge in [0.15, 0.2) is 0 Å². The van der Waals surface area contributed by atoms with E-state index in [1.54, 1.807) is 18.3 Å². The molecule has 1 aliphatic heterocycles. The Labute approximate surface area is 181 Å². The maximum atomic E-state index is 12.7. The first-order valence-corrected chi connectivity index (χ1v) is 9.85. The largest absolute Gasteiger partial charge is 0.573 e. The van der Waals surface area contributed by atoms with Crippen LogP contribution in [0, 0.1) is 5.92 Å². The minimum Gasteiger partial charge on any atom is -0.406 e. The second-order valence-electron chi connectivity index (χ2n) is 7.38. The highest BCUT2D eigenvalue weighted by Gasteiger charge is 2.31. The van der Waals surface area contributed by atoms with E-state index in [4.69, 9.17) is 0 Å². The van der Waals surface area contributed by atoms with E-state index in [0.717, 1.165) is 25.1 Å². The Bertz CT molecular complexity index is 1070. The lowest BCUT2D eigenvalue weighted by molar-refractivity contribution is -0.274. The Kier molecular flexibility index (Phi) is 5.99. The average molecular weight is 447 g/mol. The zero-order valence-electron chi connectivity index (χ0n) is 16.8. The van der Waals surface area contributed by atoms with Crippen molar-refractivity contribution in [2.75, 3.05) is 29.9 Å². The number of hydrogen-bond donors (Lipinski definition) is 3. The van der Waals surface area contributed by atoms with Gasteiger partial charge in [-0.2, -0.15) is 5.10 Å². The molecule has 11 heteroatoms. The molecule has 2 aromatic heterocycles. The second kappa shape index (κ2) is 8.87. The third-order valence-electron chi connectivity index (χ3n) is 5.11. The third-order valence-corrected chi connectivity index (χ3v) is 5.11. The number of carbonyl (C=O) groups excluding carboxylic acids is 1. The average Bonchev–Trinajstić information content (AvgIpc) is 3.46. The topological polar surface area (TPSA) is 103 Å². The lowest BCUT2D eigenvalue weighted by Crippen LogP contribution is -2.23. The van der Waals surface area contributed by atoms with Crippen molar-refractivity contribution in [3.05, 3.63) is 54.4 Å². The van der Waals surface area contributed by atoms with Crippen LogP contribution in [0.1, 0.15) is 16.8 Å². The maximum Gasteiger partial charge on any atom is 0.573 e. The summed E-state index contributed by atoms with van der Waals surface area (Å²) in [7, 11) is 0. The molecule has 1 fully saturated rings. The number of rotatable bonds is 6. The summed E-state index contributed by atoms with van der Waals surface area (Å²) in [5, 5.41) is 18.9. The number of hydrogen-bond acceptors (Lipinski definition) is 6. The molecule has 3 N–H and O–H groups in total. The minimum atomic E-state index is -4.78. The van der Waals surface area contributed by atoms with Crippen molar-refractivity contribution in [3.8, 4) is 17.0 Å². The third kappa shape index (κ3) is 4.99. The number of ether oxygens (including phenoxy) is 1. The molecule has 1 aliphatic rings. The van der Waals surface area contributed by atoms with Crippen LogP contribution in [0.25, 0.3) is 11.3 Å². The van der Waals surface area contributed by atoms with Gasteiger partial charge in [0.05, 0.1) is 11.3 Å². The predicted octanol–water partition coefficient (Wildman–Crippen LogP) is 3.44. The molecule has 1 aromatic carbocycles. The molecule has 168 valence electrons.